The quantitative estimate of drug-likeness (QED) is 0.230. The smallest absolute Gasteiger partial charge is 0.231 e. The Labute approximate surface area is 213 Å². The first-order valence-corrected chi connectivity index (χ1v) is 15.6. The third-order valence-corrected chi connectivity index (χ3v) is 7.92. The third kappa shape index (κ3) is 5.89. The number of aromatic nitrogens is 4. The molecule has 1 atom stereocenters. The van der Waals surface area contributed by atoms with Crippen LogP contribution in [0.1, 0.15) is 17.5 Å². The highest BCUT2D eigenvalue weighted by Crippen LogP contribution is 2.35. The molecule has 194 valence electrons. The minimum absolute atomic E-state index is 0.0347. The van der Waals surface area contributed by atoms with Crippen molar-refractivity contribution in [2.75, 3.05) is 18.1 Å². The maximum Gasteiger partial charge on any atom is 0.231 e. The molecule has 4 rings (SSSR count). The topological polar surface area (TPSA) is 96.9 Å². The molecule has 1 amide bonds. The lowest BCUT2D eigenvalue weighted by molar-refractivity contribution is -0.120. The molecule has 0 bridgehead atoms. The van der Waals surface area contributed by atoms with Gasteiger partial charge in [-0.05, 0) is 42.6 Å². The summed E-state index contributed by atoms with van der Waals surface area (Å²) in [5.74, 6) is -4.88. The van der Waals surface area contributed by atoms with Gasteiger partial charge in [0.25, 0.3) is 0 Å². The minimum Gasteiger partial charge on any atom is -0.360 e. The molecular formula is C25H27F3N6O2Si. The number of nitriles is 1. The van der Waals surface area contributed by atoms with Crippen LogP contribution in [0.4, 0.5) is 19.0 Å². The molecule has 3 heterocycles. The number of carbonyl (C=O) groups excluding carboxylic acids is 1. The lowest BCUT2D eigenvalue weighted by Crippen LogP contribution is -2.29. The lowest BCUT2D eigenvalue weighted by atomic mass is 9.98. The highest BCUT2D eigenvalue weighted by Gasteiger charge is 2.37. The second-order valence-electron chi connectivity index (χ2n) is 10.2. The van der Waals surface area contributed by atoms with Gasteiger partial charge in [0, 0.05) is 32.7 Å². The van der Waals surface area contributed by atoms with E-state index >= 15 is 0 Å². The Morgan fingerprint density at radius 2 is 1.92 bits per heavy atom. The van der Waals surface area contributed by atoms with Gasteiger partial charge in [-0.25, -0.2) is 17.9 Å². The summed E-state index contributed by atoms with van der Waals surface area (Å²) in [6.07, 6.45) is 3.42. The predicted molar refractivity (Wildman–Crippen MR) is 133 cm³/mol. The highest BCUT2D eigenvalue weighted by atomic mass is 28.3. The van der Waals surface area contributed by atoms with Gasteiger partial charge in [-0.1, -0.05) is 19.6 Å². The summed E-state index contributed by atoms with van der Waals surface area (Å²) in [4.78, 5) is 14.7. The van der Waals surface area contributed by atoms with Crippen molar-refractivity contribution in [1.29, 1.82) is 5.26 Å². The fourth-order valence-corrected chi connectivity index (χ4v) is 4.99. The summed E-state index contributed by atoms with van der Waals surface area (Å²) < 4.78 is 48.1. The first-order chi connectivity index (χ1) is 17.6. The van der Waals surface area contributed by atoms with Crippen LogP contribution < -0.4 is 4.90 Å². The van der Waals surface area contributed by atoms with E-state index in [2.05, 4.69) is 41.0 Å². The van der Waals surface area contributed by atoms with Crippen LogP contribution in [0.25, 0.3) is 11.3 Å². The second kappa shape index (κ2) is 10.8. The largest absolute Gasteiger partial charge is 0.360 e. The Morgan fingerprint density at radius 3 is 2.54 bits per heavy atom. The fraction of sp³-hybridized carbons (Fsp3) is 0.400. The first kappa shape index (κ1) is 26.5. The summed E-state index contributed by atoms with van der Waals surface area (Å²) in [6.45, 7) is 7.62. The van der Waals surface area contributed by atoms with Crippen molar-refractivity contribution >= 4 is 19.8 Å². The van der Waals surface area contributed by atoms with E-state index in [9.17, 15) is 23.2 Å². The fourth-order valence-electron chi connectivity index (χ4n) is 4.24. The number of hydrogen-bond donors (Lipinski definition) is 0. The molecule has 8 nitrogen and oxygen atoms in total. The molecule has 1 fully saturated rings. The summed E-state index contributed by atoms with van der Waals surface area (Å²) in [5.41, 5.74) is 1.43. The molecular weight excluding hydrogens is 501 g/mol. The number of rotatable bonds is 9. The zero-order chi connectivity index (χ0) is 26.7. The minimum atomic E-state index is -1.54. The summed E-state index contributed by atoms with van der Waals surface area (Å²) in [6, 6.07) is 6.61. The molecule has 2 aromatic heterocycles. The Hall–Kier alpha value is -3.56. The molecule has 3 aromatic rings. The van der Waals surface area contributed by atoms with Crippen LogP contribution >= 0.6 is 0 Å². The molecule has 1 aromatic carbocycles. The van der Waals surface area contributed by atoms with Gasteiger partial charge in [-0.2, -0.15) is 20.6 Å². The zero-order valence-corrected chi connectivity index (χ0v) is 21.8. The van der Waals surface area contributed by atoms with Crippen molar-refractivity contribution in [3.63, 3.8) is 0 Å². The first-order valence-electron chi connectivity index (χ1n) is 11.9. The van der Waals surface area contributed by atoms with Crippen molar-refractivity contribution in [3.8, 4) is 17.3 Å². The molecule has 0 radical (unpaired) electrons. The maximum atomic E-state index is 13.7. The van der Waals surface area contributed by atoms with E-state index in [0.29, 0.717) is 24.3 Å². The number of hydrogen-bond acceptors (Lipinski definition) is 6. The Kier molecular flexibility index (Phi) is 7.75. The Morgan fingerprint density at radius 1 is 1.19 bits per heavy atom. The normalized spacial score (nSPS) is 15.9. The molecule has 1 aliphatic heterocycles. The third-order valence-electron chi connectivity index (χ3n) is 6.21. The van der Waals surface area contributed by atoms with Crippen LogP contribution in [0.5, 0.6) is 0 Å². The number of nitrogens with zero attached hydrogens (tertiary/aromatic N) is 6. The molecule has 37 heavy (non-hydrogen) atoms. The second-order valence-corrected chi connectivity index (χ2v) is 15.8. The number of benzene rings is 1. The molecule has 1 unspecified atom stereocenters. The van der Waals surface area contributed by atoms with E-state index in [1.165, 1.54) is 17.3 Å². The van der Waals surface area contributed by atoms with Crippen LogP contribution in [0, 0.1) is 34.7 Å². The Bertz CT molecular complexity index is 1310. The van der Waals surface area contributed by atoms with E-state index < -0.39 is 31.4 Å². The van der Waals surface area contributed by atoms with Gasteiger partial charge in [0.05, 0.1) is 18.1 Å². The Balaban J connectivity index is 1.61. The molecule has 1 aliphatic rings. The summed E-state index contributed by atoms with van der Waals surface area (Å²) >= 11 is 0. The van der Waals surface area contributed by atoms with Crippen LogP contribution in [-0.2, 0) is 22.7 Å². The SMILES string of the molecule is C[Si](C)(C)CCOCn1nc(N2CCC(Cc3cc(F)c(F)c(F)c3)C2=O)c(C#N)c1-c1ccnnc1. The van der Waals surface area contributed by atoms with Crippen molar-refractivity contribution in [1.82, 2.24) is 20.0 Å². The molecule has 1 saturated heterocycles. The maximum absolute atomic E-state index is 13.7. The highest BCUT2D eigenvalue weighted by molar-refractivity contribution is 6.76. The van der Waals surface area contributed by atoms with E-state index in [1.807, 2.05) is 0 Å². The molecule has 0 N–H and O–H groups in total. The number of ether oxygens (including phenoxy) is 1. The van der Waals surface area contributed by atoms with Crippen LogP contribution in [0.2, 0.25) is 25.7 Å². The number of anilines is 1. The van der Waals surface area contributed by atoms with Crippen molar-refractivity contribution < 1.29 is 22.7 Å². The molecule has 12 heteroatoms. The number of amides is 1. The molecule has 0 saturated carbocycles. The van der Waals surface area contributed by atoms with Gasteiger partial charge >= 0.3 is 0 Å². The standard InChI is InChI=1S/C25H27F3N6O2Si/c1-37(2,3)9-8-36-15-34-23(18-4-6-30-31-14-18)19(13-29)24(32-34)33-7-5-17(25(33)35)10-16-11-20(26)22(28)21(27)12-16/h4,6,11-12,14,17H,5,7-10,15H2,1-3H3. The van der Waals surface area contributed by atoms with E-state index in [0.717, 1.165) is 18.2 Å². The monoisotopic (exact) mass is 528 g/mol. The van der Waals surface area contributed by atoms with Crippen molar-refractivity contribution in [2.45, 2.75) is 45.3 Å². The average molecular weight is 529 g/mol. The average Bonchev–Trinajstić information content (AvgIpc) is 3.39. The van der Waals surface area contributed by atoms with Gasteiger partial charge < -0.3 is 4.74 Å². The predicted octanol–water partition coefficient (Wildman–Crippen LogP) is 4.54. The van der Waals surface area contributed by atoms with Gasteiger partial charge in [0.15, 0.2) is 23.3 Å². The van der Waals surface area contributed by atoms with Crippen LogP contribution in [0.3, 0.4) is 0 Å². The van der Waals surface area contributed by atoms with Crippen LogP contribution in [-0.4, -0.2) is 47.1 Å². The summed E-state index contributed by atoms with van der Waals surface area (Å²) in [5, 5.41) is 22.3. The lowest BCUT2D eigenvalue weighted by Gasteiger charge is -2.16. The molecule has 0 spiro atoms. The van der Waals surface area contributed by atoms with Crippen molar-refractivity contribution in [3.05, 3.63) is 59.2 Å². The molecule has 0 aliphatic carbocycles. The van der Waals surface area contributed by atoms with Gasteiger partial charge in [0.1, 0.15) is 18.4 Å². The van der Waals surface area contributed by atoms with Crippen LogP contribution in [0.15, 0.2) is 30.6 Å². The van der Waals surface area contributed by atoms with E-state index in [-0.39, 0.29) is 42.5 Å². The number of halogens is 3. The van der Waals surface area contributed by atoms with Gasteiger partial charge in [-0.3, -0.25) is 9.69 Å². The van der Waals surface area contributed by atoms with Gasteiger partial charge in [0.2, 0.25) is 5.91 Å². The zero-order valence-electron chi connectivity index (χ0n) is 20.8. The van der Waals surface area contributed by atoms with E-state index in [4.69, 9.17) is 4.74 Å². The summed E-state index contributed by atoms with van der Waals surface area (Å²) in [7, 11) is -1.31. The van der Waals surface area contributed by atoms with E-state index in [1.54, 1.807) is 10.7 Å². The number of carbonyl (C=O) groups is 1. The van der Waals surface area contributed by atoms with Gasteiger partial charge in [-0.15, -0.1) is 0 Å². The van der Waals surface area contributed by atoms with Crippen molar-refractivity contribution in [2.24, 2.45) is 5.92 Å².